The predicted molar refractivity (Wildman–Crippen MR) is 48.8 cm³/mol. The van der Waals surface area contributed by atoms with Crippen LogP contribution in [0.4, 0.5) is 35.1 Å². The van der Waals surface area contributed by atoms with Crippen molar-refractivity contribution in [3.8, 4) is 5.75 Å². The summed E-state index contributed by atoms with van der Waals surface area (Å²) in [6, 6.07) is 0.334. The minimum absolute atomic E-state index is 0.334. The van der Waals surface area contributed by atoms with Crippen LogP contribution in [-0.4, -0.2) is 11.3 Å². The van der Waals surface area contributed by atoms with Crippen LogP contribution in [0.2, 0.25) is 0 Å². The Morgan fingerprint density at radius 2 is 1.70 bits per heavy atom. The summed E-state index contributed by atoms with van der Waals surface area (Å²) in [6.07, 6.45) is -14.3. The fraction of sp³-hybridized carbons (Fsp3) is 0.444. The summed E-state index contributed by atoms with van der Waals surface area (Å²) in [5, 5.41) is 0. The van der Waals surface area contributed by atoms with Crippen LogP contribution in [0.25, 0.3) is 0 Å². The average Bonchev–Trinajstić information content (AvgIpc) is 2.25. The van der Waals surface area contributed by atoms with Gasteiger partial charge in [0.2, 0.25) is 0 Å². The first-order valence-corrected chi connectivity index (χ1v) is 4.80. The lowest BCUT2D eigenvalue weighted by Gasteiger charge is -2.18. The van der Waals surface area contributed by atoms with E-state index >= 15 is 0 Å². The van der Waals surface area contributed by atoms with E-state index in [0.717, 1.165) is 0 Å². The van der Waals surface area contributed by atoms with E-state index in [9.17, 15) is 35.1 Å². The van der Waals surface area contributed by atoms with Gasteiger partial charge in [0, 0.05) is 12.1 Å². The van der Waals surface area contributed by atoms with Gasteiger partial charge in [-0.1, -0.05) is 0 Å². The molecule has 0 fully saturated rings. The highest BCUT2D eigenvalue weighted by Gasteiger charge is 2.42. The fourth-order valence-corrected chi connectivity index (χ4v) is 1.29. The van der Waals surface area contributed by atoms with E-state index in [1.807, 2.05) is 0 Å². The molecule has 2 N–H and O–H groups in total. The second kappa shape index (κ2) is 5.38. The molecular weight excluding hydrogens is 304 g/mol. The maximum absolute atomic E-state index is 12.6. The van der Waals surface area contributed by atoms with Gasteiger partial charge in [0.1, 0.15) is 5.69 Å². The molecule has 20 heavy (non-hydrogen) atoms. The van der Waals surface area contributed by atoms with Gasteiger partial charge in [0.05, 0.1) is 0 Å². The Kier molecular flexibility index (Phi) is 4.42. The molecule has 0 atom stereocenters. The van der Waals surface area contributed by atoms with Crippen LogP contribution in [0.15, 0.2) is 6.07 Å². The van der Waals surface area contributed by atoms with Crippen LogP contribution in [0, 0.1) is 0 Å². The van der Waals surface area contributed by atoms with Crippen molar-refractivity contribution < 1.29 is 39.9 Å². The minimum Gasteiger partial charge on any atom is -0.403 e. The van der Waals surface area contributed by atoms with Crippen molar-refractivity contribution in [2.24, 2.45) is 5.73 Å². The van der Waals surface area contributed by atoms with Crippen LogP contribution < -0.4 is 10.5 Å². The van der Waals surface area contributed by atoms with Crippen molar-refractivity contribution in [2.45, 2.75) is 25.5 Å². The molecule has 3 nitrogen and oxygen atoms in total. The average molecular weight is 310 g/mol. The van der Waals surface area contributed by atoms with Gasteiger partial charge in [-0.3, -0.25) is 0 Å². The van der Waals surface area contributed by atoms with E-state index in [1.165, 1.54) is 0 Å². The summed E-state index contributed by atoms with van der Waals surface area (Å²) >= 11 is 0. The molecule has 1 aromatic heterocycles. The van der Waals surface area contributed by atoms with Crippen LogP contribution >= 0.6 is 0 Å². The smallest absolute Gasteiger partial charge is 0.403 e. The molecule has 0 spiro atoms. The third-order valence-electron chi connectivity index (χ3n) is 2.00. The van der Waals surface area contributed by atoms with Gasteiger partial charge in [0.15, 0.2) is 11.4 Å². The highest BCUT2D eigenvalue weighted by molar-refractivity contribution is 5.41. The second-order valence-corrected chi connectivity index (χ2v) is 3.43. The molecule has 0 aliphatic heterocycles. The highest BCUT2D eigenvalue weighted by atomic mass is 19.4. The molecule has 0 bridgehead atoms. The Labute approximate surface area is 106 Å². The third kappa shape index (κ3) is 3.92. The maximum Gasteiger partial charge on any atom is 0.573 e. The standard InChI is InChI=1S/C9H6F8N2O/c10-7(11)4-1-3(2-18)5(20-9(15,16)17)6(19-4)8(12,13)14/h1,7H,2,18H2. The largest absolute Gasteiger partial charge is 0.573 e. The molecule has 0 unspecified atom stereocenters. The van der Waals surface area contributed by atoms with Gasteiger partial charge in [-0.15, -0.1) is 13.2 Å². The first kappa shape index (κ1) is 16.4. The molecule has 0 amide bonds. The number of ether oxygens (including phenoxy) is 1. The molecule has 0 saturated heterocycles. The van der Waals surface area contributed by atoms with Gasteiger partial charge >= 0.3 is 12.5 Å². The zero-order chi connectivity index (χ0) is 15.7. The Bertz CT molecular complexity index is 482. The first-order valence-electron chi connectivity index (χ1n) is 4.80. The van der Waals surface area contributed by atoms with E-state index in [4.69, 9.17) is 5.73 Å². The highest BCUT2D eigenvalue weighted by Crippen LogP contribution is 2.40. The summed E-state index contributed by atoms with van der Waals surface area (Å²) < 4.78 is 102. The Morgan fingerprint density at radius 3 is 2.05 bits per heavy atom. The maximum atomic E-state index is 12.6. The molecule has 114 valence electrons. The Morgan fingerprint density at radius 1 is 1.15 bits per heavy atom. The summed E-state index contributed by atoms with van der Waals surface area (Å²) in [5.41, 5.74) is 0.547. The molecule has 1 heterocycles. The monoisotopic (exact) mass is 310 g/mol. The number of nitrogens with zero attached hydrogens (tertiary/aromatic N) is 1. The molecule has 0 aromatic carbocycles. The van der Waals surface area contributed by atoms with Gasteiger partial charge in [-0.2, -0.15) is 13.2 Å². The van der Waals surface area contributed by atoms with Crippen molar-refractivity contribution in [1.82, 2.24) is 4.98 Å². The number of pyridine rings is 1. The summed E-state index contributed by atoms with van der Waals surface area (Å²) in [4.78, 5) is 2.48. The number of halogens is 8. The summed E-state index contributed by atoms with van der Waals surface area (Å²) in [6.45, 7) is -0.864. The normalized spacial score (nSPS) is 12.9. The number of hydrogen-bond acceptors (Lipinski definition) is 3. The van der Waals surface area contributed by atoms with E-state index in [1.54, 1.807) is 0 Å². The number of hydrogen-bond donors (Lipinski definition) is 1. The fourth-order valence-electron chi connectivity index (χ4n) is 1.29. The van der Waals surface area contributed by atoms with Crippen molar-refractivity contribution in [3.63, 3.8) is 0 Å². The van der Waals surface area contributed by atoms with Gasteiger partial charge in [0.25, 0.3) is 6.43 Å². The molecule has 0 aliphatic rings. The lowest BCUT2D eigenvalue weighted by atomic mass is 10.1. The van der Waals surface area contributed by atoms with Crippen molar-refractivity contribution in [2.75, 3.05) is 0 Å². The molecule has 11 heteroatoms. The van der Waals surface area contributed by atoms with Crippen LogP contribution in [-0.2, 0) is 12.7 Å². The van der Waals surface area contributed by atoms with Crippen LogP contribution in [0.5, 0.6) is 5.75 Å². The van der Waals surface area contributed by atoms with Crippen molar-refractivity contribution in [1.29, 1.82) is 0 Å². The molecule has 1 aromatic rings. The minimum atomic E-state index is -5.45. The number of alkyl halides is 8. The lowest BCUT2D eigenvalue weighted by molar-refractivity contribution is -0.276. The molecule has 0 aliphatic carbocycles. The van der Waals surface area contributed by atoms with Crippen LogP contribution in [0.1, 0.15) is 23.4 Å². The van der Waals surface area contributed by atoms with E-state index in [0.29, 0.717) is 6.07 Å². The zero-order valence-electron chi connectivity index (χ0n) is 9.32. The number of nitrogens with two attached hydrogens (primary N) is 1. The van der Waals surface area contributed by atoms with E-state index < -0.39 is 48.2 Å². The molecule has 0 radical (unpaired) electrons. The summed E-state index contributed by atoms with van der Waals surface area (Å²) in [5.74, 6) is -1.73. The van der Waals surface area contributed by atoms with Gasteiger partial charge in [-0.25, -0.2) is 13.8 Å². The first-order chi connectivity index (χ1) is 8.95. The third-order valence-corrected chi connectivity index (χ3v) is 2.00. The van der Waals surface area contributed by atoms with Gasteiger partial charge in [-0.05, 0) is 6.07 Å². The predicted octanol–water partition coefficient (Wildman–Crippen LogP) is 3.40. The molecular formula is C9H6F8N2O. The number of rotatable bonds is 3. The quantitative estimate of drug-likeness (QED) is 0.871. The van der Waals surface area contributed by atoms with E-state index in [-0.39, 0.29) is 0 Å². The van der Waals surface area contributed by atoms with E-state index in [2.05, 4.69) is 9.72 Å². The Balaban J connectivity index is 3.53. The van der Waals surface area contributed by atoms with Crippen LogP contribution in [0.3, 0.4) is 0 Å². The topological polar surface area (TPSA) is 48.1 Å². The lowest BCUT2D eigenvalue weighted by Crippen LogP contribution is -2.23. The summed E-state index contributed by atoms with van der Waals surface area (Å²) in [7, 11) is 0. The second-order valence-electron chi connectivity index (χ2n) is 3.43. The van der Waals surface area contributed by atoms with Crippen molar-refractivity contribution in [3.05, 3.63) is 23.0 Å². The van der Waals surface area contributed by atoms with Crippen molar-refractivity contribution >= 4 is 0 Å². The molecule has 0 saturated carbocycles. The van der Waals surface area contributed by atoms with Gasteiger partial charge < -0.3 is 10.5 Å². The Hall–Kier alpha value is -1.65. The molecule has 1 rings (SSSR count). The number of aromatic nitrogens is 1. The zero-order valence-corrected chi connectivity index (χ0v) is 9.32. The SMILES string of the molecule is NCc1cc(C(F)F)nc(C(F)(F)F)c1OC(F)(F)F.